The molecule has 0 radical (unpaired) electrons. The zero-order chi connectivity index (χ0) is 20.7. The summed E-state index contributed by atoms with van der Waals surface area (Å²) >= 11 is 0. The van der Waals surface area contributed by atoms with Gasteiger partial charge in [-0.3, -0.25) is 9.78 Å². The highest BCUT2D eigenvalue weighted by atomic mass is 16.3. The topological polar surface area (TPSA) is 62.2 Å². The second-order valence-corrected chi connectivity index (χ2v) is 9.24. The van der Waals surface area contributed by atoms with Crippen molar-refractivity contribution < 1.29 is 9.90 Å². The summed E-state index contributed by atoms with van der Waals surface area (Å²) in [6.45, 7) is 12.5. The first-order chi connectivity index (χ1) is 13.0. The number of carbonyl (C=O) groups excluding carboxylic acids is 1. The summed E-state index contributed by atoms with van der Waals surface area (Å²) < 4.78 is 0. The van der Waals surface area contributed by atoms with Gasteiger partial charge in [0, 0.05) is 23.3 Å². The summed E-state index contributed by atoms with van der Waals surface area (Å²) in [7, 11) is 0. The van der Waals surface area contributed by atoms with Crippen molar-refractivity contribution in [2.75, 3.05) is 5.32 Å². The van der Waals surface area contributed by atoms with Gasteiger partial charge in [0.1, 0.15) is 5.75 Å². The minimum atomic E-state index is -0.216. The van der Waals surface area contributed by atoms with E-state index in [1.54, 1.807) is 18.3 Å². The van der Waals surface area contributed by atoms with Gasteiger partial charge in [0.2, 0.25) is 0 Å². The van der Waals surface area contributed by atoms with Crippen molar-refractivity contribution in [2.45, 2.75) is 52.4 Å². The lowest BCUT2D eigenvalue weighted by Crippen LogP contribution is -2.21. The Morgan fingerprint density at radius 2 is 1.57 bits per heavy atom. The lowest BCUT2D eigenvalue weighted by Gasteiger charge is -2.28. The summed E-state index contributed by atoms with van der Waals surface area (Å²) in [5.41, 5.74) is 3.42. The van der Waals surface area contributed by atoms with Gasteiger partial charge in [0.25, 0.3) is 5.91 Å². The molecule has 4 nitrogen and oxygen atoms in total. The van der Waals surface area contributed by atoms with Crippen LogP contribution >= 0.6 is 0 Å². The number of amides is 1. The SMILES string of the molecule is CC(C)(C)c1cc(C(C)(C)C)c(NC(=O)c2ccnc3ccccc23)cc1O. The van der Waals surface area contributed by atoms with Crippen LogP contribution in [0.25, 0.3) is 10.9 Å². The van der Waals surface area contributed by atoms with Gasteiger partial charge in [0.05, 0.1) is 11.1 Å². The standard InChI is InChI=1S/C24H28N2O2/c1-23(2,3)17-13-18(24(4,5)6)21(27)14-20(17)26-22(28)16-11-12-25-19-10-8-7-9-15(16)19/h7-14,27H,1-6H3,(H,26,28). The van der Waals surface area contributed by atoms with Gasteiger partial charge in [-0.2, -0.15) is 0 Å². The molecule has 0 unspecified atom stereocenters. The highest BCUT2D eigenvalue weighted by molar-refractivity contribution is 6.12. The van der Waals surface area contributed by atoms with E-state index in [1.807, 2.05) is 30.3 Å². The van der Waals surface area contributed by atoms with Crippen molar-refractivity contribution in [2.24, 2.45) is 0 Å². The van der Waals surface area contributed by atoms with E-state index in [1.165, 1.54) is 0 Å². The Balaban J connectivity index is 2.08. The summed E-state index contributed by atoms with van der Waals surface area (Å²) in [4.78, 5) is 17.4. The van der Waals surface area contributed by atoms with Gasteiger partial charge in [-0.1, -0.05) is 59.7 Å². The molecule has 1 aromatic heterocycles. The molecule has 2 N–H and O–H groups in total. The molecule has 0 aliphatic carbocycles. The maximum atomic E-state index is 13.1. The van der Waals surface area contributed by atoms with Crippen molar-refractivity contribution in [1.29, 1.82) is 0 Å². The third-order valence-corrected chi connectivity index (χ3v) is 4.89. The maximum Gasteiger partial charge on any atom is 0.256 e. The van der Waals surface area contributed by atoms with Crippen LogP contribution in [0.4, 0.5) is 5.69 Å². The lowest BCUT2D eigenvalue weighted by atomic mass is 9.79. The second-order valence-electron chi connectivity index (χ2n) is 9.24. The fraction of sp³-hybridized carbons (Fsp3) is 0.333. The molecule has 3 aromatic rings. The van der Waals surface area contributed by atoms with Crippen LogP contribution in [0, 0.1) is 0 Å². The number of phenolic OH excluding ortho intramolecular Hbond substituents is 1. The molecule has 0 aliphatic heterocycles. The number of aromatic nitrogens is 1. The Morgan fingerprint density at radius 3 is 2.21 bits per heavy atom. The molecule has 146 valence electrons. The highest BCUT2D eigenvalue weighted by Gasteiger charge is 2.26. The van der Waals surface area contributed by atoms with Crippen molar-refractivity contribution in [1.82, 2.24) is 4.98 Å². The second kappa shape index (κ2) is 6.93. The Kier molecular flexibility index (Phi) is 4.92. The molecule has 3 rings (SSSR count). The van der Waals surface area contributed by atoms with Crippen LogP contribution in [0.15, 0.2) is 48.7 Å². The number of benzene rings is 2. The van der Waals surface area contributed by atoms with Crippen LogP contribution in [-0.4, -0.2) is 16.0 Å². The number of hydrogen-bond acceptors (Lipinski definition) is 3. The quantitative estimate of drug-likeness (QED) is 0.595. The van der Waals surface area contributed by atoms with Crippen molar-refractivity contribution in [3.63, 3.8) is 0 Å². The van der Waals surface area contributed by atoms with Crippen LogP contribution in [0.1, 0.15) is 63.0 Å². The Morgan fingerprint density at radius 1 is 0.929 bits per heavy atom. The first kappa shape index (κ1) is 19.9. The zero-order valence-corrected chi connectivity index (χ0v) is 17.4. The number of nitrogens with zero attached hydrogens (tertiary/aromatic N) is 1. The molecule has 1 heterocycles. The number of nitrogens with one attached hydrogen (secondary N) is 1. The summed E-state index contributed by atoms with van der Waals surface area (Å²) in [6, 6.07) is 13.0. The highest BCUT2D eigenvalue weighted by Crippen LogP contribution is 2.39. The molecule has 0 saturated carbocycles. The summed E-state index contributed by atoms with van der Waals surface area (Å²) in [5, 5.41) is 14.4. The number of hydrogen-bond donors (Lipinski definition) is 2. The smallest absolute Gasteiger partial charge is 0.256 e. The van der Waals surface area contributed by atoms with E-state index in [-0.39, 0.29) is 22.5 Å². The largest absolute Gasteiger partial charge is 0.508 e. The molecule has 0 atom stereocenters. The molecule has 0 fully saturated rings. The normalized spacial score (nSPS) is 12.2. The van der Waals surface area contributed by atoms with Gasteiger partial charge in [0.15, 0.2) is 0 Å². The molecule has 0 spiro atoms. The number of carbonyl (C=O) groups is 1. The van der Waals surface area contributed by atoms with Crippen LogP contribution in [0.3, 0.4) is 0 Å². The van der Waals surface area contributed by atoms with Gasteiger partial charge in [-0.05, 0) is 40.2 Å². The van der Waals surface area contributed by atoms with E-state index in [0.29, 0.717) is 11.3 Å². The lowest BCUT2D eigenvalue weighted by molar-refractivity contribution is 0.102. The van der Waals surface area contributed by atoms with E-state index in [9.17, 15) is 9.90 Å². The van der Waals surface area contributed by atoms with E-state index < -0.39 is 0 Å². The molecule has 2 aromatic carbocycles. The van der Waals surface area contributed by atoms with E-state index in [4.69, 9.17) is 0 Å². The third kappa shape index (κ3) is 3.86. The molecule has 4 heteroatoms. The van der Waals surface area contributed by atoms with Gasteiger partial charge >= 0.3 is 0 Å². The molecular formula is C24H28N2O2. The fourth-order valence-corrected chi connectivity index (χ4v) is 3.40. The van der Waals surface area contributed by atoms with Crippen LogP contribution in [0.5, 0.6) is 5.75 Å². The summed E-state index contributed by atoms with van der Waals surface area (Å²) in [5.74, 6) is -0.0256. The minimum Gasteiger partial charge on any atom is -0.508 e. The minimum absolute atomic E-state index is 0.190. The molecular weight excluding hydrogens is 348 g/mol. The van der Waals surface area contributed by atoms with Crippen LogP contribution in [0.2, 0.25) is 0 Å². The number of rotatable bonds is 2. The molecule has 0 aliphatic rings. The summed E-state index contributed by atoms with van der Waals surface area (Å²) in [6.07, 6.45) is 1.64. The first-order valence-corrected chi connectivity index (χ1v) is 9.51. The van der Waals surface area contributed by atoms with Crippen molar-refractivity contribution in [3.05, 3.63) is 65.4 Å². The van der Waals surface area contributed by atoms with E-state index >= 15 is 0 Å². The van der Waals surface area contributed by atoms with Crippen molar-refractivity contribution in [3.8, 4) is 5.75 Å². The van der Waals surface area contributed by atoms with Crippen LogP contribution in [-0.2, 0) is 10.8 Å². The maximum absolute atomic E-state index is 13.1. The predicted octanol–water partition coefficient (Wildman–Crippen LogP) is 5.79. The Bertz CT molecular complexity index is 1040. The fourth-order valence-electron chi connectivity index (χ4n) is 3.40. The average Bonchev–Trinajstić information content (AvgIpc) is 2.59. The van der Waals surface area contributed by atoms with Gasteiger partial charge in [-0.15, -0.1) is 0 Å². The molecule has 0 bridgehead atoms. The number of phenols is 1. The number of fused-ring (bicyclic) bond motifs is 1. The number of anilines is 1. The van der Waals surface area contributed by atoms with E-state index in [2.05, 4.69) is 51.8 Å². The molecule has 0 saturated heterocycles. The number of pyridine rings is 1. The average molecular weight is 377 g/mol. The van der Waals surface area contributed by atoms with Crippen molar-refractivity contribution >= 4 is 22.5 Å². The first-order valence-electron chi connectivity index (χ1n) is 9.51. The zero-order valence-electron chi connectivity index (χ0n) is 17.4. The molecule has 28 heavy (non-hydrogen) atoms. The predicted molar refractivity (Wildman–Crippen MR) is 115 cm³/mol. The van der Waals surface area contributed by atoms with Crippen LogP contribution < -0.4 is 5.32 Å². The Hall–Kier alpha value is -2.88. The number of aromatic hydroxyl groups is 1. The monoisotopic (exact) mass is 376 g/mol. The van der Waals surface area contributed by atoms with E-state index in [0.717, 1.165) is 22.0 Å². The third-order valence-electron chi connectivity index (χ3n) is 4.89. The molecule has 1 amide bonds. The number of para-hydroxylation sites is 1. The Labute approximate surface area is 166 Å². The van der Waals surface area contributed by atoms with Gasteiger partial charge < -0.3 is 10.4 Å². The van der Waals surface area contributed by atoms with Gasteiger partial charge in [-0.25, -0.2) is 0 Å².